The van der Waals surface area contributed by atoms with Gasteiger partial charge < -0.3 is 9.47 Å². The van der Waals surface area contributed by atoms with Gasteiger partial charge in [0.15, 0.2) is 11.1 Å². The van der Waals surface area contributed by atoms with Crippen molar-refractivity contribution in [3.05, 3.63) is 0 Å². The van der Waals surface area contributed by atoms with E-state index in [1.54, 1.807) is 0 Å². The van der Waals surface area contributed by atoms with E-state index in [-0.39, 0.29) is 12.4 Å². The molecule has 0 aliphatic carbocycles. The highest BCUT2D eigenvalue weighted by atomic mass is 32.2. The lowest BCUT2D eigenvalue weighted by Gasteiger charge is -2.05. The molecule has 1 heterocycles. The fourth-order valence-electron chi connectivity index (χ4n) is 0.652. The number of ether oxygens (including phenoxy) is 2. The number of hydrogen-bond donors (Lipinski definition) is 0. The van der Waals surface area contributed by atoms with E-state index in [0.29, 0.717) is 0 Å². The molecule has 64 valence electrons. The van der Waals surface area contributed by atoms with Gasteiger partial charge in [-0.2, -0.15) is 0 Å². The first kappa shape index (κ1) is 8.48. The molecule has 1 aliphatic heterocycles. The average molecular weight is 180 g/mol. The van der Waals surface area contributed by atoms with Crippen molar-refractivity contribution in [3.8, 4) is 0 Å². The van der Waals surface area contributed by atoms with Gasteiger partial charge in [-0.3, -0.25) is 4.18 Å². The van der Waals surface area contributed by atoms with Crippen LogP contribution in [0, 0.1) is 0 Å². The number of methoxy groups -OCH3 is 1. The van der Waals surface area contributed by atoms with Crippen LogP contribution >= 0.6 is 0 Å². The average Bonchev–Trinajstić information content (AvgIpc) is 2.35. The molecule has 2 unspecified atom stereocenters. The Balaban J connectivity index is 2.28. The summed E-state index contributed by atoms with van der Waals surface area (Å²) in [6.45, 7) is 0.182. The van der Waals surface area contributed by atoms with Crippen molar-refractivity contribution in [2.24, 2.45) is 0 Å². The maximum Gasteiger partial charge on any atom is 0.508 e. The third kappa shape index (κ3) is 2.47. The van der Waals surface area contributed by atoms with Crippen LogP contribution in [-0.2, 0) is 24.7 Å². The molecule has 0 spiro atoms. The van der Waals surface area contributed by atoms with Crippen LogP contribution in [0.4, 0.5) is 4.79 Å². The summed E-state index contributed by atoms with van der Waals surface area (Å²) in [5.41, 5.74) is 0. The second-order valence-electron chi connectivity index (χ2n) is 1.95. The third-order valence-electron chi connectivity index (χ3n) is 1.14. The zero-order chi connectivity index (χ0) is 8.27. The molecule has 0 aromatic rings. The topological polar surface area (TPSA) is 61.8 Å². The third-order valence-corrected chi connectivity index (χ3v) is 2.18. The van der Waals surface area contributed by atoms with Crippen molar-refractivity contribution in [3.63, 3.8) is 0 Å². The summed E-state index contributed by atoms with van der Waals surface area (Å²) in [5.74, 6) is 0.231. The summed E-state index contributed by atoms with van der Waals surface area (Å²) in [6.07, 6.45) is -1.19. The molecule has 2 atom stereocenters. The zero-order valence-corrected chi connectivity index (χ0v) is 6.76. The van der Waals surface area contributed by atoms with Crippen molar-refractivity contribution >= 4 is 17.2 Å². The lowest BCUT2D eigenvalue weighted by atomic mass is 10.4. The van der Waals surface area contributed by atoms with Gasteiger partial charge in [0.05, 0.1) is 12.9 Å². The lowest BCUT2D eigenvalue weighted by molar-refractivity contribution is 0.0370. The molecule has 0 aromatic heterocycles. The van der Waals surface area contributed by atoms with Crippen molar-refractivity contribution in [2.75, 3.05) is 19.5 Å². The number of carbonyl (C=O) groups excluding carboxylic acids is 1. The van der Waals surface area contributed by atoms with E-state index in [1.165, 1.54) is 7.11 Å². The summed E-state index contributed by atoms with van der Waals surface area (Å²) in [7, 11) is 1.22. The van der Waals surface area contributed by atoms with Crippen molar-refractivity contribution in [1.82, 2.24) is 0 Å². The SMILES string of the molecule is COC(=O)OC1COS(=O)C1. The monoisotopic (exact) mass is 180 g/mol. The molecule has 11 heavy (non-hydrogen) atoms. The minimum atomic E-state index is -1.30. The quantitative estimate of drug-likeness (QED) is 0.524. The predicted octanol–water partition coefficient (Wildman–Crippen LogP) is -0.168. The molecule has 1 fully saturated rings. The normalized spacial score (nSPS) is 29.9. The summed E-state index contributed by atoms with van der Waals surface area (Å²) in [4.78, 5) is 10.5. The number of carbonyl (C=O) groups is 1. The molecule has 6 heteroatoms. The molecular formula is C5H8O5S. The Morgan fingerprint density at radius 2 is 2.45 bits per heavy atom. The second kappa shape index (κ2) is 3.68. The van der Waals surface area contributed by atoms with E-state index < -0.39 is 23.3 Å². The first-order valence-electron chi connectivity index (χ1n) is 2.98. The highest BCUT2D eigenvalue weighted by Crippen LogP contribution is 2.07. The van der Waals surface area contributed by atoms with Gasteiger partial charge >= 0.3 is 6.16 Å². The van der Waals surface area contributed by atoms with Crippen LogP contribution < -0.4 is 0 Å². The molecule has 0 amide bonds. The Kier molecular flexibility index (Phi) is 2.84. The number of rotatable bonds is 1. The van der Waals surface area contributed by atoms with Gasteiger partial charge in [-0.05, 0) is 0 Å². The molecule has 0 bridgehead atoms. The van der Waals surface area contributed by atoms with Crippen LogP contribution in [0.1, 0.15) is 0 Å². The van der Waals surface area contributed by atoms with Crippen molar-refractivity contribution < 1.29 is 22.7 Å². The van der Waals surface area contributed by atoms with E-state index in [2.05, 4.69) is 13.7 Å². The molecule has 0 N–H and O–H groups in total. The van der Waals surface area contributed by atoms with Crippen LogP contribution in [0.3, 0.4) is 0 Å². The minimum Gasteiger partial charge on any atom is -0.438 e. The van der Waals surface area contributed by atoms with Gasteiger partial charge in [0.25, 0.3) is 0 Å². The predicted molar refractivity (Wildman–Crippen MR) is 36.2 cm³/mol. The summed E-state index contributed by atoms with van der Waals surface area (Å²) in [6, 6.07) is 0. The van der Waals surface area contributed by atoms with E-state index in [1.807, 2.05) is 0 Å². The largest absolute Gasteiger partial charge is 0.508 e. The van der Waals surface area contributed by atoms with Gasteiger partial charge in [-0.1, -0.05) is 0 Å². The Labute approximate surface area is 66.3 Å². The van der Waals surface area contributed by atoms with E-state index in [4.69, 9.17) is 0 Å². The van der Waals surface area contributed by atoms with Crippen LogP contribution in [0.25, 0.3) is 0 Å². The molecule has 0 aromatic carbocycles. The second-order valence-corrected chi connectivity index (χ2v) is 3.13. The maximum atomic E-state index is 10.6. The Morgan fingerprint density at radius 1 is 1.73 bits per heavy atom. The summed E-state index contributed by atoms with van der Waals surface area (Å²) in [5, 5.41) is 0. The summed E-state index contributed by atoms with van der Waals surface area (Å²) >= 11 is -1.30. The van der Waals surface area contributed by atoms with E-state index in [9.17, 15) is 9.00 Å². The molecule has 1 saturated heterocycles. The zero-order valence-electron chi connectivity index (χ0n) is 5.94. The lowest BCUT2D eigenvalue weighted by Crippen LogP contribution is -2.20. The Bertz CT molecular complexity index is 180. The Hall–Kier alpha value is -0.620. The minimum absolute atomic E-state index is 0.182. The first-order valence-corrected chi connectivity index (χ1v) is 4.23. The first-order chi connectivity index (χ1) is 5.22. The Morgan fingerprint density at radius 3 is 2.91 bits per heavy atom. The van der Waals surface area contributed by atoms with E-state index >= 15 is 0 Å². The smallest absolute Gasteiger partial charge is 0.438 e. The summed E-state index contributed by atoms with van der Waals surface area (Å²) < 4.78 is 24.1. The van der Waals surface area contributed by atoms with Gasteiger partial charge in [0.1, 0.15) is 12.7 Å². The van der Waals surface area contributed by atoms with Gasteiger partial charge in [0, 0.05) is 0 Å². The standard InChI is InChI=1S/C5H8O5S/c1-8-5(6)10-4-2-9-11(7)3-4/h4H,2-3H2,1H3. The van der Waals surface area contributed by atoms with Crippen LogP contribution in [0.15, 0.2) is 0 Å². The molecule has 1 aliphatic rings. The van der Waals surface area contributed by atoms with Crippen molar-refractivity contribution in [2.45, 2.75) is 6.10 Å². The van der Waals surface area contributed by atoms with Gasteiger partial charge in [-0.15, -0.1) is 0 Å². The molecular weight excluding hydrogens is 172 g/mol. The van der Waals surface area contributed by atoms with Gasteiger partial charge in [-0.25, -0.2) is 9.00 Å². The molecule has 0 radical (unpaired) electrons. The van der Waals surface area contributed by atoms with Crippen LogP contribution in [-0.4, -0.2) is 35.9 Å². The number of hydrogen-bond acceptors (Lipinski definition) is 5. The fourth-order valence-corrected chi connectivity index (χ4v) is 1.52. The molecule has 1 rings (SSSR count). The molecule has 5 nitrogen and oxygen atoms in total. The van der Waals surface area contributed by atoms with Crippen LogP contribution in [0.5, 0.6) is 0 Å². The van der Waals surface area contributed by atoms with Crippen LogP contribution in [0.2, 0.25) is 0 Å². The van der Waals surface area contributed by atoms with Gasteiger partial charge in [0.2, 0.25) is 0 Å². The highest BCUT2D eigenvalue weighted by Gasteiger charge is 2.25. The van der Waals surface area contributed by atoms with E-state index in [0.717, 1.165) is 0 Å². The fraction of sp³-hybridized carbons (Fsp3) is 0.800. The highest BCUT2D eigenvalue weighted by molar-refractivity contribution is 7.80. The maximum absolute atomic E-state index is 10.6. The van der Waals surface area contributed by atoms with Crippen molar-refractivity contribution in [1.29, 1.82) is 0 Å². The molecule has 0 saturated carbocycles.